The summed E-state index contributed by atoms with van der Waals surface area (Å²) in [6, 6.07) is 4.24. The van der Waals surface area contributed by atoms with Gasteiger partial charge in [0.2, 0.25) is 0 Å². The van der Waals surface area contributed by atoms with E-state index in [1.54, 1.807) is 6.07 Å². The largest absolute Gasteiger partial charge is 0.465 e. The highest BCUT2D eigenvalue weighted by molar-refractivity contribution is 6.31. The van der Waals surface area contributed by atoms with Crippen molar-refractivity contribution in [2.75, 3.05) is 26.5 Å². The molecule has 0 spiro atoms. The Morgan fingerprint density at radius 2 is 2.00 bits per heavy atom. The lowest BCUT2D eigenvalue weighted by atomic mass is 9.77. The third-order valence-electron chi connectivity index (χ3n) is 5.50. The number of ether oxygens (including phenoxy) is 1. The van der Waals surface area contributed by atoms with Crippen molar-refractivity contribution in [2.24, 2.45) is 0 Å². The molecule has 5 heteroatoms. The molecule has 1 aliphatic carbocycles. The Labute approximate surface area is 150 Å². The van der Waals surface area contributed by atoms with Gasteiger partial charge < -0.3 is 15.0 Å². The fourth-order valence-corrected chi connectivity index (χ4v) is 3.87. The normalized spacial score (nSPS) is 24.0. The van der Waals surface area contributed by atoms with Crippen LogP contribution in [-0.4, -0.2) is 43.7 Å². The van der Waals surface area contributed by atoms with Crippen LogP contribution in [0.1, 0.15) is 54.9 Å². The van der Waals surface area contributed by atoms with Crippen LogP contribution in [0.3, 0.4) is 0 Å². The fourth-order valence-electron chi connectivity index (χ4n) is 3.66. The molecule has 0 amide bonds. The minimum Gasteiger partial charge on any atom is -0.465 e. The number of esters is 1. The van der Waals surface area contributed by atoms with Crippen molar-refractivity contribution in [1.29, 1.82) is 0 Å². The van der Waals surface area contributed by atoms with Crippen LogP contribution in [0.4, 0.5) is 5.69 Å². The number of carbonyl (C=O) groups is 1. The van der Waals surface area contributed by atoms with E-state index in [4.69, 9.17) is 16.3 Å². The van der Waals surface area contributed by atoms with Gasteiger partial charge in [0.1, 0.15) is 0 Å². The lowest BCUT2D eigenvalue weighted by molar-refractivity contribution is 0.0600. The first-order valence-corrected chi connectivity index (χ1v) is 9.03. The van der Waals surface area contributed by atoms with Gasteiger partial charge in [0.05, 0.1) is 12.7 Å². The van der Waals surface area contributed by atoms with Crippen LogP contribution in [0.2, 0.25) is 5.02 Å². The third kappa shape index (κ3) is 4.04. The molecule has 0 aliphatic heterocycles. The predicted octanol–water partition coefficient (Wildman–Crippen LogP) is 4.50. The summed E-state index contributed by atoms with van der Waals surface area (Å²) < 4.78 is 4.88. The zero-order valence-corrected chi connectivity index (χ0v) is 16.2. The third-order valence-corrected chi connectivity index (χ3v) is 5.72. The highest BCUT2D eigenvalue weighted by Crippen LogP contribution is 2.37. The van der Waals surface area contributed by atoms with Gasteiger partial charge in [0.25, 0.3) is 0 Å². The second kappa shape index (κ2) is 7.75. The number of rotatable bonds is 5. The summed E-state index contributed by atoms with van der Waals surface area (Å²) in [5.74, 6) is -0.347. The summed E-state index contributed by atoms with van der Waals surface area (Å²) >= 11 is 6.24. The Balaban J connectivity index is 2.26. The average molecular weight is 353 g/mol. The summed E-state index contributed by atoms with van der Waals surface area (Å²) in [6.07, 6.45) is 5.64. The molecular formula is C19H29ClN2O2. The van der Waals surface area contributed by atoms with Crippen LogP contribution in [0.15, 0.2) is 12.1 Å². The fraction of sp³-hybridized carbons (Fsp3) is 0.632. The van der Waals surface area contributed by atoms with Crippen molar-refractivity contribution >= 4 is 23.3 Å². The van der Waals surface area contributed by atoms with Gasteiger partial charge in [-0.2, -0.15) is 0 Å². The van der Waals surface area contributed by atoms with Gasteiger partial charge in [-0.05, 0) is 70.8 Å². The molecule has 0 unspecified atom stereocenters. The molecule has 1 saturated carbocycles. The Kier molecular flexibility index (Phi) is 6.16. The number of hydrogen-bond acceptors (Lipinski definition) is 4. The molecule has 2 rings (SSSR count). The van der Waals surface area contributed by atoms with E-state index in [0.717, 1.165) is 30.5 Å². The minimum atomic E-state index is -0.347. The van der Waals surface area contributed by atoms with Crippen molar-refractivity contribution in [3.63, 3.8) is 0 Å². The van der Waals surface area contributed by atoms with Gasteiger partial charge >= 0.3 is 5.97 Å². The van der Waals surface area contributed by atoms with Gasteiger partial charge in [-0.15, -0.1) is 0 Å². The lowest BCUT2D eigenvalue weighted by Gasteiger charge is -2.43. The molecule has 134 valence electrons. The van der Waals surface area contributed by atoms with Crippen molar-refractivity contribution < 1.29 is 9.53 Å². The summed E-state index contributed by atoms with van der Waals surface area (Å²) in [6.45, 7) is 4.17. The Hall–Kier alpha value is -1.26. The standard InChI is InChI=1S/C19H29ClN2O2/c1-6-19(9-7-15(8-10-19)22(3)4)21-17-12-14(20)11-16(13(17)2)18(23)24-5/h11-12,15,21H,6-10H2,1-5H3. The number of hydrogen-bond donors (Lipinski definition) is 1. The van der Waals surface area contributed by atoms with Crippen LogP contribution in [0, 0.1) is 6.92 Å². The molecule has 1 aromatic carbocycles. The summed E-state index contributed by atoms with van der Waals surface area (Å²) in [4.78, 5) is 14.3. The van der Waals surface area contributed by atoms with Gasteiger partial charge in [-0.3, -0.25) is 0 Å². The van der Waals surface area contributed by atoms with Crippen molar-refractivity contribution in [1.82, 2.24) is 4.90 Å². The maximum atomic E-state index is 12.0. The molecule has 1 fully saturated rings. The molecule has 1 N–H and O–H groups in total. The molecule has 24 heavy (non-hydrogen) atoms. The molecule has 0 atom stereocenters. The quantitative estimate of drug-likeness (QED) is 0.792. The van der Waals surface area contributed by atoms with Gasteiger partial charge in [-0.25, -0.2) is 4.79 Å². The van der Waals surface area contributed by atoms with Crippen molar-refractivity contribution in [3.8, 4) is 0 Å². The summed E-state index contributed by atoms with van der Waals surface area (Å²) in [5.41, 5.74) is 2.43. The number of nitrogens with one attached hydrogen (secondary N) is 1. The molecule has 0 heterocycles. The zero-order chi connectivity index (χ0) is 17.9. The van der Waals surface area contributed by atoms with E-state index in [1.165, 1.54) is 20.0 Å². The number of nitrogens with zero attached hydrogens (tertiary/aromatic N) is 1. The van der Waals surface area contributed by atoms with Crippen LogP contribution >= 0.6 is 11.6 Å². The first kappa shape index (κ1) is 19.1. The second-order valence-electron chi connectivity index (χ2n) is 7.07. The topological polar surface area (TPSA) is 41.6 Å². The minimum absolute atomic E-state index is 0.0648. The number of halogens is 1. The van der Waals surface area contributed by atoms with Crippen LogP contribution < -0.4 is 5.32 Å². The SMILES string of the molecule is CCC1(Nc2cc(Cl)cc(C(=O)OC)c2C)CCC(N(C)C)CC1. The first-order valence-electron chi connectivity index (χ1n) is 8.65. The van der Waals surface area contributed by atoms with Crippen LogP contribution in [-0.2, 0) is 4.74 Å². The number of anilines is 1. The molecule has 0 aromatic heterocycles. The molecule has 0 radical (unpaired) electrons. The van der Waals surface area contributed by atoms with Gasteiger partial charge in [0.15, 0.2) is 0 Å². The Morgan fingerprint density at radius 1 is 1.38 bits per heavy atom. The van der Waals surface area contributed by atoms with Crippen LogP contribution in [0.25, 0.3) is 0 Å². The summed E-state index contributed by atoms with van der Waals surface area (Å²) in [5, 5.41) is 4.27. The molecule has 4 nitrogen and oxygen atoms in total. The van der Waals surface area contributed by atoms with E-state index in [-0.39, 0.29) is 11.5 Å². The Morgan fingerprint density at radius 3 is 2.50 bits per heavy atom. The van der Waals surface area contributed by atoms with Gasteiger partial charge in [0, 0.05) is 22.3 Å². The predicted molar refractivity (Wildman–Crippen MR) is 100 cm³/mol. The monoisotopic (exact) mass is 352 g/mol. The van der Waals surface area contributed by atoms with Gasteiger partial charge in [-0.1, -0.05) is 18.5 Å². The first-order chi connectivity index (χ1) is 11.3. The van der Waals surface area contributed by atoms with E-state index >= 15 is 0 Å². The highest BCUT2D eigenvalue weighted by Gasteiger charge is 2.35. The zero-order valence-electron chi connectivity index (χ0n) is 15.4. The number of methoxy groups -OCH3 is 1. The van der Waals surface area contributed by atoms with E-state index in [1.807, 2.05) is 13.0 Å². The average Bonchev–Trinajstić information content (AvgIpc) is 2.57. The molecule has 0 bridgehead atoms. The second-order valence-corrected chi connectivity index (χ2v) is 7.51. The number of carbonyl (C=O) groups excluding carboxylic acids is 1. The smallest absolute Gasteiger partial charge is 0.338 e. The summed E-state index contributed by atoms with van der Waals surface area (Å²) in [7, 11) is 5.70. The van der Waals surface area contributed by atoms with E-state index < -0.39 is 0 Å². The van der Waals surface area contributed by atoms with E-state index in [9.17, 15) is 4.79 Å². The maximum Gasteiger partial charge on any atom is 0.338 e. The Bertz CT molecular complexity index is 593. The van der Waals surface area contributed by atoms with E-state index in [2.05, 4.69) is 31.2 Å². The lowest BCUT2D eigenvalue weighted by Crippen LogP contribution is -2.45. The number of benzene rings is 1. The van der Waals surface area contributed by atoms with Crippen LogP contribution in [0.5, 0.6) is 0 Å². The van der Waals surface area contributed by atoms with Crippen molar-refractivity contribution in [3.05, 3.63) is 28.3 Å². The molecular weight excluding hydrogens is 324 g/mol. The molecule has 1 aliphatic rings. The van der Waals surface area contributed by atoms with E-state index in [0.29, 0.717) is 16.6 Å². The highest BCUT2D eigenvalue weighted by atomic mass is 35.5. The van der Waals surface area contributed by atoms with Crippen molar-refractivity contribution in [2.45, 2.75) is 57.5 Å². The maximum absolute atomic E-state index is 12.0. The molecule has 1 aromatic rings. The molecule has 0 saturated heterocycles.